The molecular formula is C11H21N5O. The van der Waals surface area contributed by atoms with Crippen molar-refractivity contribution in [2.45, 2.75) is 51.7 Å². The SMILES string of the molecule is CCCCn1nnnc1CN1CCC[C@@H]1CO. The van der Waals surface area contributed by atoms with Crippen LogP contribution in [0.25, 0.3) is 0 Å². The third kappa shape index (κ3) is 3.01. The molecule has 0 aliphatic carbocycles. The van der Waals surface area contributed by atoms with Gasteiger partial charge < -0.3 is 5.11 Å². The maximum atomic E-state index is 9.28. The van der Waals surface area contributed by atoms with Gasteiger partial charge in [0.25, 0.3) is 0 Å². The number of aliphatic hydroxyl groups excluding tert-OH is 1. The molecule has 1 N–H and O–H groups in total. The maximum absolute atomic E-state index is 9.28. The normalized spacial score (nSPS) is 21.2. The summed E-state index contributed by atoms with van der Waals surface area (Å²) in [6.07, 6.45) is 4.47. The average molecular weight is 239 g/mol. The second-order valence-electron chi connectivity index (χ2n) is 4.62. The van der Waals surface area contributed by atoms with E-state index in [9.17, 15) is 5.11 Å². The van der Waals surface area contributed by atoms with Gasteiger partial charge in [0.2, 0.25) is 0 Å². The van der Waals surface area contributed by atoms with Crippen molar-refractivity contribution in [2.75, 3.05) is 13.2 Å². The third-order valence-corrected chi connectivity index (χ3v) is 3.38. The van der Waals surface area contributed by atoms with Crippen LogP contribution >= 0.6 is 0 Å². The number of likely N-dealkylation sites (tertiary alicyclic amines) is 1. The van der Waals surface area contributed by atoms with Crippen LogP contribution in [0.1, 0.15) is 38.4 Å². The van der Waals surface area contributed by atoms with E-state index in [1.807, 2.05) is 4.68 Å². The predicted octanol–water partition coefficient (Wildman–Crippen LogP) is 0.430. The molecule has 96 valence electrons. The highest BCUT2D eigenvalue weighted by Crippen LogP contribution is 2.18. The van der Waals surface area contributed by atoms with E-state index < -0.39 is 0 Å². The molecule has 0 spiro atoms. The van der Waals surface area contributed by atoms with Gasteiger partial charge in [0.15, 0.2) is 5.82 Å². The molecular weight excluding hydrogens is 218 g/mol. The number of hydrogen-bond acceptors (Lipinski definition) is 5. The first-order valence-electron chi connectivity index (χ1n) is 6.45. The fourth-order valence-corrected chi connectivity index (χ4v) is 2.31. The van der Waals surface area contributed by atoms with E-state index in [4.69, 9.17) is 0 Å². The molecule has 17 heavy (non-hydrogen) atoms. The number of aliphatic hydroxyl groups is 1. The molecule has 6 nitrogen and oxygen atoms in total. The molecule has 0 aromatic carbocycles. The molecule has 0 bridgehead atoms. The summed E-state index contributed by atoms with van der Waals surface area (Å²) in [6.45, 7) is 5.06. The number of tetrazole rings is 1. The molecule has 1 aromatic heterocycles. The molecule has 1 saturated heterocycles. The number of nitrogens with zero attached hydrogens (tertiary/aromatic N) is 5. The quantitative estimate of drug-likeness (QED) is 0.779. The lowest BCUT2D eigenvalue weighted by molar-refractivity contribution is 0.149. The van der Waals surface area contributed by atoms with Gasteiger partial charge in [-0.05, 0) is 36.2 Å². The van der Waals surface area contributed by atoms with Crippen molar-refractivity contribution in [3.8, 4) is 0 Å². The maximum Gasteiger partial charge on any atom is 0.165 e. The first-order valence-corrected chi connectivity index (χ1v) is 6.45. The zero-order chi connectivity index (χ0) is 12.1. The Labute approximate surface area is 102 Å². The third-order valence-electron chi connectivity index (χ3n) is 3.38. The molecule has 0 unspecified atom stereocenters. The predicted molar refractivity (Wildman–Crippen MR) is 63.2 cm³/mol. The van der Waals surface area contributed by atoms with Gasteiger partial charge in [0, 0.05) is 12.6 Å². The van der Waals surface area contributed by atoms with Crippen molar-refractivity contribution in [2.24, 2.45) is 0 Å². The van der Waals surface area contributed by atoms with Crippen molar-refractivity contribution in [3.63, 3.8) is 0 Å². The average Bonchev–Trinajstić information content (AvgIpc) is 2.96. The molecule has 0 saturated carbocycles. The minimum Gasteiger partial charge on any atom is -0.395 e. The van der Waals surface area contributed by atoms with Crippen molar-refractivity contribution in [3.05, 3.63) is 5.82 Å². The Morgan fingerprint density at radius 2 is 2.35 bits per heavy atom. The summed E-state index contributed by atoms with van der Waals surface area (Å²) in [5.74, 6) is 0.916. The Hall–Kier alpha value is -1.01. The Bertz CT molecular complexity index is 340. The van der Waals surface area contributed by atoms with Gasteiger partial charge in [-0.3, -0.25) is 4.90 Å². The number of aryl methyl sites for hydroxylation is 1. The highest BCUT2D eigenvalue weighted by atomic mass is 16.3. The van der Waals surface area contributed by atoms with Gasteiger partial charge in [-0.2, -0.15) is 0 Å². The van der Waals surface area contributed by atoms with E-state index in [1.54, 1.807) is 0 Å². The van der Waals surface area contributed by atoms with Crippen LogP contribution in [0.5, 0.6) is 0 Å². The molecule has 2 heterocycles. The molecule has 1 atom stereocenters. The zero-order valence-electron chi connectivity index (χ0n) is 10.4. The van der Waals surface area contributed by atoms with Crippen molar-refractivity contribution in [1.82, 2.24) is 25.1 Å². The second-order valence-corrected chi connectivity index (χ2v) is 4.62. The largest absolute Gasteiger partial charge is 0.395 e. The van der Waals surface area contributed by atoms with Gasteiger partial charge in [-0.25, -0.2) is 4.68 Å². The molecule has 1 aliphatic heterocycles. The second kappa shape index (κ2) is 6.07. The molecule has 1 fully saturated rings. The van der Waals surface area contributed by atoms with Crippen molar-refractivity contribution >= 4 is 0 Å². The smallest absolute Gasteiger partial charge is 0.165 e. The summed E-state index contributed by atoms with van der Waals surface area (Å²) < 4.78 is 1.89. The van der Waals surface area contributed by atoms with E-state index >= 15 is 0 Å². The molecule has 2 rings (SSSR count). The van der Waals surface area contributed by atoms with Gasteiger partial charge in [0.05, 0.1) is 13.2 Å². The lowest BCUT2D eigenvalue weighted by Gasteiger charge is -2.21. The molecule has 0 amide bonds. The Morgan fingerprint density at radius 1 is 1.47 bits per heavy atom. The van der Waals surface area contributed by atoms with Crippen LogP contribution in [-0.2, 0) is 13.1 Å². The first-order chi connectivity index (χ1) is 8.35. The van der Waals surface area contributed by atoms with Crippen LogP contribution in [0.3, 0.4) is 0 Å². The van der Waals surface area contributed by atoms with E-state index in [0.717, 1.165) is 51.1 Å². The van der Waals surface area contributed by atoms with Gasteiger partial charge in [0.1, 0.15) is 0 Å². The molecule has 0 radical (unpaired) electrons. The number of unbranched alkanes of at least 4 members (excludes halogenated alkanes) is 1. The van der Waals surface area contributed by atoms with Gasteiger partial charge >= 0.3 is 0 Å². The fourth-order valence-electron chi connectivity index (χ4n) is 2.31. The first kappa shape index (κ1) is 12.4. The Kier molecular flexibility index (Phi) is 4.44. The summed E-state index contributed by atoms with van der Waals surface area (Å²) in [5, 5.41) is 21.1. The summed E-state index contributed by atoms with van der Waals surface area (Å²) in [4.78, 5) is 2.27. The van der Waals surface area contributed by atoms with Gasteiger partial charge in [-0.1, -0.05) is 13.3 Å². The topological polar surface area (TPSA) is 67.1 Å². The molecule has 1 aromatic rings. The van der Waals surface area contributed by atoms with Crippen molar-refractivity contribution in [1.29, 1.82) is 0 Å². The fraction of sp³-hybridized carbons (Fsp3) is 0.909. The Morgan fingerprint density at radius 3 is 3.12 bits per heavy atom. The Balaban J connectivity index is 1.95. The standard InChI is InChI=1S/C11H21N5O/c1-2-3-7-16-11(12-13-14-16)8-15-6-4-5-10(15)9-17/h10,17H,2-9H2,1H3/t10-/m1/s1. The van der Waals surface area contributed by atoms with Crippen LogP contribution in [0.15, 0.2) is 0 Å². The lowest BCUT2D eigenvalue weighted by Crippen LogP contribution is -2.32. The summed E-state index contributed by atoms with van der Waals surface area (Å²) >= 11 is 0. The summed E-state index contributed by atoms with van der Waals surface area (Å²) in [7, 11) is 0. The summed E-state index contributed by atoms with van der Waals surface area (Å²) in [6, 6.07) is 0.284. The highest BCUT2D eigenvalue weighted by molar-refractivity contribution is 4.86. The van der Waals surface area contributed by atoms with Crippen molar-refractivity contribution < 1.29 is 5.11 Å². The van der Waals surface area contributed by atoms with E-state index in [-0.39, 0.29) is 12.6 Å². The lowest BCUT2D eigenvalue weighted by atomic mass is 10.2. The van der Waals surface area contributed by atoms with E-state index in [2.05, 4.69) is 27.3 Å². The minimum atomic E-state index is 0.233. The van der Waals surface area contributed by atoms with Crippen LogP contribution in [-0.4, -0.2) is 49.4 Å². The molecule has 6 heteroatoms. The van der Waals surface area contributed by atoms with Gasteiger partial charge in [-0.15, -0.1) is 5.10 Å². The number of aromatic nitrogens is 4. The summed E-state index contributed by atoms with van der Waals surface area (Å²) in [5.41, 5.74) is 0. The monoisotopic (exact) mass is 239 g/mol. The molecule has 1 aliphatic rings. The van der Waals surface area contributed by atoms with Crippen LogP contribution in [0.2, 0.25) is 0 Å². The van der Waals surface area contributed by atoms with Crippen LogP contribution < -0.4 is 0 Å². The highest BCUT2D eigenvalue weighted by Gasteiger charge is 2.25. The number of rotatable bonds is 6. The van der Waals surface area contributed by atoms with E-state index in [1.165, 1.54) is 0 Å². The van der Waals surface area contributed by atoms with E-state index in [0.29, 0.717) is 0 Å². The minimum absolute atomic E-state index is 0.233. The zero-order valence-corrected chi connectivity index (χ0v) is 10.4. The van der Waals surface area contributed by atoms with Crippen LogP contribution in [0, 0.1) is 0 Å². The number of hydrogen-bond donors (Lipinski definition) is 1. The van der Waals surface area contributed by atoms with Crippen LogP contribution in [0.4, 0.5) is 0 Å².